The highest BCUT2D eigenvalue weighted by atomic mass is 19.1. The average molecular weight is 440 g/mol. The van der Waals surface area contributed by atoms with Crippen molar-refractivity contribution in [3.63, 3.8) is 0 Å². The van der Waals surface area contributed by atoms with Crippen molar-refractivity contribution in [2.75, 3.05) is 23.3 Å². The normalized spacial score (nSPS) is 16.2. The number of nitrogens with one attached hydrogen (secondary N) is 1. The SMILES string of the molecule is Cc1ccc(C(=O)Nc2cnccc2N2CCC[C@H](N)C2)c(F)c1-c1c(F)cccc1F. The summed E-state index contributed by atoms with van der Waals surface area (Å²) in [5.41, 5.74) is 6.44. The lowest BCUT2D eigenvalue weighted by atomic mass is 9.96. The van der Waals surface area contributed by atoms with Crippen LogP contribution in [0, 0.1) is 24.4 Å². The van der Waals surface area contributed by atoms with Gasteiger partial charge in [-0.3, -0.25) is 9.78 Å². The van der Waals surface area contributed by atoms with Gasteiger partial charge in [0.2, 0.25) is 0 Å². The molecule has 1 saturated heterocycles. The third-order valence-electron chi connectivity index (χ3n) is 5.65. The van der Waals surface area contributed by atoms with Crippen molar-refractivity contribution in [2.45, 2.75) is 25.8 Å². The van der Waals surface area contributed by atoms with E-state index in [1.54, 1.807) is 12.3 Å². The van der Waals surface area contributed by atoms with Gasteiger partial charge in [0, 0.05) is 30.9 Å². The lowest BCUT2D eigenvalue weighted by molar-refractivity contribution is 0.102. The van der Waals surface area contributed by atoms with Gasteiger partial charge in [0.1, 0.15) is 17.5 Å². The Morgan fingerprint density at radius 2 is 1.88 bits per heavy atom. The molecule has 0 spiro atoms. The van der Waals surface area contributed by atoms with Gasteiger partial charge in [-0.05, 0) is 49.6 Å². The monoisotopic (exact) mass is 440 g/mol. The fourth-order valence-electron chi connectivity index (χ4n) is 4.07. The first-order chi connectivity index (χ1) is 15.4. The summed E-state index contributed by atoms with van der Waals surface area (Å²) in [6, 6.07) is 7.86. The number of aromatic nitrogens is 1. The number of amides is 1. The van der Waals surface area contributed by atoms with Crippen LogP contribution in [0.2, 0.25) is 0 Å². The molecule has 2 heterocycles. The largest absolute Gasteiger partial charge is 0.368 e. The van der Waals surface area contributed by atoms with E-state index in [1.807, 2.05) is 0 Å². The molecule has 1 amide bonds. The van der Waals surface area contributed by atoms with Crippen LogP contribution in [-0.4, -0.2) is 30.0 Å². The van der Waals surface area contributed by atoms with Crippen molar-refractivity contribution >= 4 is 17.3 Å². The molecule has 2 aromatic carbocycles. The van der Waals surface area contributed by atoms with E-state index >= 15 is 4.39 Å². The van der Waals surface area contributed by atoms with Gasteiger partial charge in [0.05, 0.1) is 28.7 Å². The number of pyridine rings is 1. The van der Waals surface area contributed by atoms with Crippen LogP contribution in [0.4, 0.5) is 24.5 Å². The first-order valence-corrected chi connectivity index (χ1v) is 10.4. The molecule has 1 fully saturated rings. The van der Waals surface area contributed by atoms with E-state index < -0.39 is 28.9 Å². The van der Waals surface area contributed by atoms with E-state index in [1.165, 1.54) is 31.3 Å². The Morgan fingerprint density at radius 3 is 2.59 bits per heavy atom. The zero-order valence-corrected chi connectivity index (χ0v) is 17.5. The van der Waals surface area contributed by atoms with Gasteiger partial charge in [-0.15, -0.1) is 0 Å². The predicted molar refractivity (Wildman–Crippen MR) is 118 cm³/mol. The third kappa shape index (κ3) is 4.18. The number of nitrogens with two attached hydrogens (primary N) is 1. The lowest BCUT2D eigenvalue weighted by Gasteiger charge is -2.33. The summed E-state index contributed by atoms with van der Waals surface area (Å²) >= 11 is 0. The number of rotatable bonds is 4. The van der Waals surface area contributed by atoms with E-state index in [0.29, 0.717) is 17.8 Å². The second kappa shape index (κ2) is 9.00. The maximum Gasteiger partial charge on any atom is 0.258 e. The van der Waals surface area contributed by atoms with Gasteiger partial charge in [-0.25, -0.2) is 13.2 Å². The summed E-state index contributed by atoms with van der Waals surface area (Å²) in [6.07, 6.45) is 4.93. The van der Waals surface area contributed by atoms with E-state index in [4.69, 9.17) is 5.73 Å². The summed E-state index contributed by atoms with van der Waals surface area (Å²) in [7, 11) is 0. The fourth-order valence-corrected chi connectivity index (χ4v) is 4.07. The first-order valence-electron chi connectivity index (χ1n) is 10.4. The van der Waals surface area contributed by atoms with Crippen LogP contribution in [0.15, 0.2) is 48.8 Å². The zero-order valence-electron chi connectivity index (χ0n) is 17.5. The van der Waals surface area contributed by atoms with Crippen LogP contribution in [0.25, 0.3) is 11.1 Å². The van der Waals surface area contributed by atoms with Gasteiger partial charge in [0.25, 0.3) is 5.91 Å². The zero-order chi connectivity index (χ0) is 22.8. The molecule has 4 rings (SSSR count). The summed E-state index contributed by atoms with van der Waals surface area (Å²) in [5, 5.41) is 2.70. The molecule has 32 heavy (non-hydrogen) atoms. The second-order valence-electron chi connectivity index (χ2n) is 7.91. The van der Waals surface area contributed by atoms with Gasteiger partial charge in [-0.1, -0.05) is 12.1 Å². The Balaban J connectivity index is 1.69. The number of nitrogens with zero attached hydrogens (tertiary/aromatic N) is 2. The molecule has 1 aliphatic heterocycles. The molecule has 5 nitrogen and oxygen atoms in total. The molecule has 8 heteroatoms. The molecule has 3 N–H and O–H groups in total. The third-order valence-corrected chi connectivity index (χ3v) is 5.65. The van der Waals surface area contributed by atoms with E-state index in [-0.39, 0.29) is 17.2 Å². The Morgan fingerprint density at radius 1 is 1.12 bits per heavy atom. The second-order valence-corrected chi connectivity index (χ2v) is 7.91. The van der Waals surface area contributed by atoms with Crippen molar-refractivity contribution in [2.24, 2.45) is 5.73 Å². The maximum atomic E-state index is 15.4. The Bertz CT molecular complexity index is 1150. The number of anilines is 2. The summed E-state index contributed by atoms with van der Waals surface area (Å²) in [5.74, 6) is -3.53. The number of carbonyl (C=O) groups is 1. The van der Waals surface area contributed by atoms with Gasteiger partial charge in [-0.2, -0.15) is 0 Å². The molecule has 1 aromatic heterocycles. The van der Waals surface area contributed by atoms with Crippen molar-refractivity contribution in [1.82, 2.24) is 4.98 Å². The number of hydrogen-bond donors (Lipinski definition) is 2. The van der Waals surface area contributed by atoms with E-state index in [0.717, 1.165) is 37.2 Å². The van der Waals surface area contributed by atoms with Crippen LogP contribution in [0.5, 0.6) is 0 Å². The lowest BCUT2D eigenvalue weighted by Crippen LogP contribution is -2.43. The molecule has 1 aliphatic rings. The summed E-state index contributed by atoms with van der Waals surface area (Å²) < 4.78 is 44.1. The average Bonchev–Trinajstić information content (AvgIpc) is 2.76. The van der Waals surface area contributed by atoms with E-state index in [2.05, 4.69) is 15.2 Å². The molecule has 0 unspecified atom stereocenters. The predicted octanol–water partition coefficient (Wildman–Crippen LogP) is 4.65. The van der Waals surface area contributed by atoms with Crippen LogP contribution in [0.3, 0.4) is 0 Å². The minimum atomic E-state index is -0.989. The smallest absolute Gasteiger partial charge is 0.258 e. The number of hydrogen-bond acceptors (Lipinski definition) is 4. The maximum absolute atomic E-state index is 15.4. The Hall–Kier alpha value is -3.39. The van der Waals surface area contributed by atoms with Crippen molar-refractivity contribution < 1.29 is 18.0 Å². The van der Waals surface area contributed by atoms with Gasteiger partial charge in [0.15, 0.2) is 0 Å². The number of piperidine rings is 1. The minimum Gasteiger partial charge on any atom is -0.368 e. The highest BCUT2D eigenvalue weighted by Crippen LogP contribution is 2.34. The highest BCUT2D eigenvalue weighted by Gasteiger charge is 2.24. The molecule has 3 aromatic rings. The summed E-state index contributed by atoms with van der Waals surface area (Å²) in [6.45, 7) is 2.93. The van der Waals surface area contributed by atoms with E-state index in [9.17, 15) is 13.6 Å². The molecular weight excluding hydrogens is 417 g/mol. The molecule has 166 valence electrons. The fraction of sp³-hybridized carbons (Fsp3) is 0.250. The number of aryl methyl sites for hydroxylation is 1. The molecular formula is C24H23F3N4O. The standard InChI is InChI=1S/C24H23F3N4O/c1-14-7-8-16(23(27)21(14)22-17(25)5-2-6-18(22)26)24(32)30-19-12-29-10-9-20(19)31-11-3-4-15(28)13-31/h2,5-10,12,15H,3-4,11,13,28H2,1H3,(H,30,32)/t15-/m0/s1. The van der Waals surface area contributed by atoms with Gasteiger partial charge < -0.3 is 16.0 Å². The van der Waals surface area contributed by atoms with Crippen LogP contribution in [0.1, 0.15) is 28.8 Å². The van der Waals surface area contributed by atoms with Crippen molar-refractivity contribution in [3.8, 4) is 11.1 Å². The van der Waals surface area contributed by atoms with Crippen molar-refractivity contribution in [3.05, 3.63) is 77.4 Å². The quantitative estimate of drug-likeness (QED) is 0.619. The van der Waals surface area contributed by atoms with Crippen LogP contribution < -0.4 is 16.0 Å². The van der Waals surface area contributed by atoms with Gasteiger partial charge >= 0.3 is 0 Å². The van der Waals surface area contributed by atoms with Crippen LogP contribution in [-0.2, 0) is 0 Å². The van der Waals surface area contributed by atoms with Crippen LogP contribution >= 0.6 is 0 Å². The molecule has 0 saturated carbocycles. The first kappa shape index (κ1) is 21.8. The van der Waals surface area contributed by atoms with Crippen molar-refractivity contribution in [1.29, 1.82) is 0 Å². The Labute approximate surface area is 184 Å². The molecule has 0 aliphatic carbocycles. The number of benzene rings is 2. The molecule has 0 radical (unpaired) electrons. The summed E-state index contributed by atoms with van der Waals surface area (Å²) in [4.78, 5) is 19.1. The molecule has 1 atom stereocenters. The molecule has 0 bridgehead atoms. The number of carbonyl (C=O) groups excluding carboxylic acids is 1. The number of halogens is 3. The highest BCUT2D eigenvalue weighted by molar-refractivity contribution is 6.06. The Kier molecular flexibility index (Phi) is 6.14. The topological polar surface area (TPSA) is 71.2 Å². The minimum absolute atomic E-state index is 0.0215.